The van der Waals surface area contributed by atoms with Crippen molar-refractivity contribution in [3.63, 3.8) is 0 Å². The maximum Gasteiger partial charge on any atom is 0.124 e. The van der Waals surface area contributed by atoms with Gasteiger partial charge in [-0.1, -0.05) is 25.1 Å². The predicted molar refractivity (Wildman–Crippen MR) is 81.6 cm³/mol. The molecule has 18 heavy (non-hydrogen) atoms. The summed E-state index contributed by atoms with van der Waals surface area (Å²) in [5.74, 6) is 2.89. The van der Waals surface area contributed by atoms with Gasteiger partial charge in [-0.25, -0.2) is 0 Å². The van der Waals surface area contributed by atoms with Gasteiger partial charge in [0.1, 0.15) is 5.75 Å². The predicted octanol–water partition coefficient (Wildman–Crippen LogP) is 3.74. The highest BCUT2D eigenvalue weighted by Gasteiger charge is 2.11. The topological polar surface area (TPSA) is 21.3 Å². The van der Waals surface area contributed by atoms with E-state index in [0.717, 1.165) is 12.3 Å². The first-order valence-corrected chi connectivity index (χ1v) is 8.02. The Morgan fingerprint density at radius 2 is 2.00 bits per heavy atom. The molecule has 2 atom stereocenters. The highest BCUT2D eigenvalue weighted by Crippen LogP contribution is 2.24. The fourth-order valence-electron chi connectivity index (χ4n) is 1.96. The van der Waals surface area contributed by atoms with Crippen LogP contribution in [0.1, 0.15) is 32.4 Å². The van der Waals surface area contributed by atoms with E-state index in [1.165, 1.54) is 11.3 Å². The minimum Gasteiger partial charge on any atom is -0.494 e. The van der Waals surface area contributed by atoms with Crippen LogP contribution < -0.4 is 10.1 Å². The second-order valence-electron chi connectivity index (χ2n) is 4.66. The van der Waals surface area contributed by atoms with Crippen molar-refractivity contribution in [2.24, 2.45) is 5.92 Å². The van der Waals surface area contributed by atoms with E-state index in [4.69, 9.17) is 4.74 Å². The Labute approximate surface area is 116 Å². The van der Waals surface area contributed by atoms with E-state index in [0.29, 0.717) is 18.6 Å². The van der Waals surface area contributed by atoms with Gasteiger partial charge in [0.25, 0.3) is 0 Å². The van der Waals surface area contributed by atoms with Crippen LogP contribution in [0.15, 0.2) is 24.3 Å². The van der Waals surface area contributed by atoms with E-state index in [-0.39, 0.29) is 0 Å². The number of hydrogen-bond acceptors (Lipinski definition) is 3. The average Bonchev–Trinajstić information content (AvgIpc) is 2.37. The van der Waals surface area contributed by atoms with Crippen LogP contribution in [0.3, 0.4) is 0 Å². The van der Waals surface area contributed by atoms with Gasteiger partial charge in [-0.15, -0.1) is 0 Å². The number of thioether (sulfide) groups is 1. The molecule has 1 aromatic carbocycles. The van der Waals surface area contributed by atoms with Gasteiger partial charge in [-0.05, 0) is 44.4 Å². The van der Waals surface area contributed by atoms with Gasteiger partial charge in [0, 0.05) is 11.6 Å². The summed E-state index contributed by atoms with van der Waals surface area (Å²) in [6.07, 6.45) is 2.16. The second kappa shape index (κ2) is 8.44. The number of benzene rings is 1. The normalized spacial score (nSPS) is 14.2. The molecule has 0 fully saturated rings. The standard InChI is InChI=1S/C15H25NOS/c1-5-17-15-9-7-6-8-14(15)13(3)16-10-12(2)11-18-4/h6-9,12-13,16H,5,10-11H2,1-4H3. The van der Waals surface area contributed by atoms with E-state index in [9.17, 15) is 0 Å². The largest absolute Gasteiger partial charge is 0.494 e. The maximum atomic E-state index is 5.67. The molecule has 102 valence electrons. The van der Waals surface area contributed by atoms with Crippen molar-refractivity contribution < 1.29 is 4.74 Å². The summed E-state index contributed by atoms with van der Waals surface area (Å²) >= 11 is 1.90. The zero-order chi connectivity index (χ0) is 13.4. The van der Waals surface area contributed by atoms with Crippen LogP contribution in [0.25, 0.3) is 0 Å². The molecular weight excluding hydrogens is 242 g/mol. The van der Waals surface area contributed by atoms with E-state index in [1.54, 1.807) is 0 Å². The van der Waals surface area contributed by atoms with Crippen molar-refractivity contribution in [3.05, 3.63) is 29.8 Å². The van der Waals surface area contributed by atoms with E-state index < -0.39 is 0 Å². The minimum absolute atomic E-state index is 0.331. The minimum atomic E-state index is 0.331. The Morgan fingerprint density at radius 1 is 1.28 bits per heavy atom. The van der Waals surface area contributed by atoms with Crippen molar-refractivity contribution in [3.8, 4) is 5.75 Å². The number of ether oxygens (including phenoxy) is 1. The van der Waals surface area contributed by atoms with Crippen LogP contribution in [0.4, 0.5) is 0 Å². The summed E-state index contributed by atoms with van der Waals surface area (Å²) in [6.45, 7) is 8.26. The van der Waals surface area contributed by atoms with Crippen LogP contribution in [-0.4, -0.2) is 25.2 Å². The number of nitrogens with one attached hydrogen (secondary N) is 1. The van der Waals surface area contributed by atoms with Crippen LogP contribution in [0.2, 0.25) is 0 Å². The number of para-hydroxylation sites is 1. The van der Waals surface area contributed by atoms with Gasteiger partial charge >= 0.3 is 0 Å². The SMILES string of the molecule is CCOc1ccccc1C(C)NCC(C)CSC. The van der Waals surface area contributed by atoms with Crippen LogP contribution >= 0.6 is 11.8 Å². The second-order valence-corrected chi connectivity index (χ2v) is 5.57. The van der Waals surface area contributed by atoms with E-state index in [2.05, 4.69) is 37.6 Å². The Hall–Kier alpha value is -0.670. The number of rotatable bonds is 8. The van der Waals surface area contributed by atoms with E-state index >= 15 is 0 Å². The Morgan fingerprint density at radius 3 is 2.67 bits per heavy atom. The van der Waals surface area contributed by atoms with Gasteiger partial charge in [0.15, 0.2) is 0 Å². The molecule has 0 aliphatic rings. The molecule has 1 rings (SSSR count). The first-order valence-electron chi connectivity index (χ1n) is 6.63. The molecule has 2 nitrogen and oxygen atoms in total. The molecule has 3 heteroatoms. The molecule has 0 saturated heterocycles. The molecule has 0 radical (unpaired) electrons. The Balaban J connectivity index is 2.57. The molecule has 0 heterocycles. The first-order chi connectivity index (χ1) is 8.69. The van der Waals surface area contributed by atoms with Crippen molar-refractivity contribution in [2.75, 3.05) is 25.2 Å². The van der Waals surface area contributed by atoms with Gasteiger partial charge in [-0.2, -0.15) is 11.8 Å². The smallest absolute Gasteiger partial charge is 0.124 e. The summed E-state index contributed by atoms with van der Waals surface area (Å²) in [7, 11) is 0. The molecule has 1 aromatic rings. The molecule has 0 aromatic heterocycles. The molecular formula is C15H25NOS. The summed E-state index contributed by atoms with van der Waals surface area (Å²) in [5.41, 5.74) is 1.25. The summed E-state index contributed by atoms with van der Waals surface area (Å²) in [6, 6.07) is 8.61. The van der Waals surface area contributed by atoms with Crippen LogP contribution in [-0.2, 0) is 0 Å². The van der Waals surface area contributed by atoms with Crippen molar-refractivity contribution >= 4 is 11.8 Å². The Kier molecular flexibility index (Phi) is 7.21. The first kappa shape index (κ1) is 15.4. The monoisotopic (exact) mass is 267 g/mol. The molecule has 1 N–H and O–H groups in total. The average molecular weight is 267 g/mol. The third kappa shape index (κ3) is 4.91. The molecule has 0 aliphatic carbocycles. The van der Waals surface area contributed by atoms with E-state index in [1.807, 2.05) is 30.8 Å². The summed E-state index contributed by atoms with van der Waals surface area (Å²) in [5, 5.41) is 3.59. The number of hydrogen-bond donors (Lipinski definition) is 1. The zero-order valence-corrected chi connectivity index (χ0v) is 12.7. The maximum absolute atomic E-state index is 5.67. The van der Waals surface area contributed by atoms with Gasteiger partial charge < -0.3 is 10.1 Å². The quantitative estimate of drug-likeness (QED) is 0.775. The van der Waals surface area contributed by atoms with Crippen LogP contribution in [0.5, 0.6) is 5.75 Å². The summed E-state index contributed by atoms with van der Waals surface area (Å²) in [4.78, 5) is 0. The van der Waals surface area contributed by atoms with Crippen molar-refractivity contribution in [1.82, 2.24) is 5.32 Å². The fourth-order valence-corrected chi connectivity index (χ4v) is 2.64. The molecule has 0 amide bonds. The molecule has 0 bridgehead atoms. The molecule has 2 unspecified atom stereocenters. The highest BCUT2D eigenvalue weighted by atomic mass is 32.2. The third-order valence-corrected chi connectivity index (χ3v) is 3.81. The highest BCUT2D eigenvalue weighted by molar-refractivity contribution is 7.98. The van der Waals surface area contributed by atoms with Gasteiger partial charge in [0.2, 0.25) is 0 Å². The van der Waals surface area contributed by atoms with Crippen LogP contribution in [0, 0.1) is 5.92 Å². The fraction of sp³-hybridized carbons (Fsp3) is 0.600. The van der Waals surface area contributed by atoms with Crippen molar-refractivity contribution in [1.29, 1.82) is 0 Å². The lowest BCUT2D eigenvalue weighted by atomic mass is 10.1. The lowest BCUT2D eigenvalue weighted by Gasteiger charge is -2.20. The van der Waals surface area contributed by atoms with Gasteiger partial charge in [0.05, 0.1) is 6.61 Å². The van der Waals surface area contributed by atoms with Gasteiger partial charge in [-0.3, -0.25) is 0 Å². The lowest BCUT2D eigenvalue weighted by Crippen LogP contribution is -2.25. The van der Waals surface area contributed by atoms with Crippen molar-refractivity contribution in [2.45, 2.75) is 26.8 Å². The molecule has 0 spiro atoms. The Bertz CT molecular complexity index is 343. The lowest BCUT2D eigenvalue weighted by molar-refractivity contribution is 0.331. The zero-order valence-electron chi connectivity index (χ0n) is 11.9. The third-order valence-electron chi connectivity index (χ3n) is 2.91. The molecule has 0 aliphatic heterocycles. The molecule has 0 saturated carbocycles. The summed E-state index contributed by atoms with van der Waals surface area (Å²) < 4.78 is 5.67.